The average molecular weight is 291 g/mol. The highest BCUT2D eigenvalue weighted by Gasteiger charge is 2.14. The Hall–Kier alpha value is -1.85. The lowest BCUT2D eigenvalue weighted by molar-refractivity contribution is 0.0917. The van der Waals surface area contributed by atoms with Gasteiger partial charge >= 0.3 is 0 Å². The first-order valence-electron chi connectivity index (χ1n) is 6.26. The number of aliphatic hydroxyl groups is 1. The number of rotatable bonds is 5. The number of methoxy groups -OCH3 is 1. The molecule has 20 heavy (non-hydrogen) atoms. The lowest BCUT2D eigenvalue weighted by atomic mass is 10.2. The van der Waals surface area contributed by atoms with Gasteiger partial charge in [-0.3, -0.25) is 4.79 Å². The molecule has 0 radical (unpaired) electrons. The summed E-state index contributed by atoms with van der Waals surface area (Å²) in [4.78, 5) is 12.9. The smallest absolute Gasteiger partial charge is 0.251 e. The van der Waals surface area contributed by atoms with Gasteiger partial charge < -0.3 is 15.2 Å². The average Bonchev–Trinajstić information content (AvgIpc) is 2.90. The van der Waals surface area contributed by atoms with Gasteiger partial charge in [-0.1, -0.05) is 6.07 Å². The van der Waals surface area contributed by atoms with E-state index in [0.717, 1.165) is 10.4 Å². The normalized spacial score (nSPS) is 11.9. The van der Waals surface area contributed by atoms with Gasteiger partial charge in [-0.15, -0.1) is 11.3 Å². The highest BCUT2D eigenvalue weighted by molar-refractivity contribution is 7.10. The van der Waals surface area contributed by atoms with E-state index in [9.17, 15) is 9.90 Å². The highest BCUT2D eigenvalue weighted by atomic mass is 32.1. The summed E-state index contributed by atoms with van der Waals surface area (Å²) in [6, 6.07) is 8.86. The maximum Gasteiger partial charge on any atom is 0.251 e. The number of hydrogen-bond acceptors (Lipinski definition) is 4. The first-order valence-corrected chi connectivity index (χ1v) is 7.14. The molecule has 0 saturated carbocycles. The third-order valence-electron chi connectivity index (χ3n) is 2.99. The predicted molar refractivity (Wildman–Crippen MR) is 79.3 cm³/mol. The van der Waals surface area contributed by atoms with Crippen molar-refractivity contribution >= 4 is 17.2 Å². The second-order valence-corrected chi connectivity index (χ2v) is 5.37. The summed E-state index contributed by atoms with van der Waals surface area (Å²) in [5, 5.41) is 14.7. The van der Waals surface area contributed by atoms with Crippen molar-refractivity contribution in [3.8, 4) is 5.75 Å². The van der Waals surface area contributed by atoms with E-state index >= 15 is 0 Å². The first kappa shape index (κ1) is 14.6. The Labute approximate surface area is 122 Å². The zero-order chi connectivity index (χ0) is 14.5. The molecule has 0 aliphatic carbocycles. The topological polar surface area (TPSA) is 58.6 Å². The number of carbonyl (C=O) groups excluding carboxylic acids is 1. The van der Waals surface area contributed by atoms with E-state index < -0.39 is 6.10 Å². The fraction of sp³-hybridized carbons (Fsp3) is 0.267. The minimum atomic E-state index is -0.676. The van der Waals surface area contributed by atoms with Gasteiger partial charge in [0.25, 0.3) is 5.91 Å². The summed E-state index contributed by atoms with van der Waals surface area (Å²) in [7, 11) is 1.56. The highest BCUT2D eigenvalue weighted by Crippen LogP contribution is 2.23. The van der Waals surface area contributed by atoms with Crippen molar-refractivity contribution in [1.29, 1.82) is 0 Å². The molecule has 0 fully saturated rings. The van der Waals surface area contributed by atoms with Crippen LogP contribution in [0, 0.1) is 6.92 Å². The van der Waals surface area contributed by atoms with Gasteiger partial charge in [-0.2, -0.15) is 0 Å². The van der Waals surface area contributed by atoms with Crippen LogP contribution in [0.4, 0.5) is 0 Å². The van der Waals surface area contributed by atoms with Gasteiger partial charge in [-0.25, -0.2) is 0 Å². The van der Waals surface area contributed by atoms with Crippen molar-refractivity contribution in [2.75, 3.05) is 13.7 Å². The van der Waals surface area contributed by atoms with Crippen LogP contribution in [0.3, 0.4) is 0 Å². The number of amides is 1. The molecular weight excluding hydrogens is 274 g/mol. The van der Waals surface area contributed by atoms with Gasteiger partial charge in [0, 0.05) is 17.0 Å². The van der Waals surface area contributed by atoms with E-state index in [0.29, 0.717) is 11.3 Å². The Morgan fingerprint density at radius 2 is 2.25 bits per heavy atom. The minimum Gasteiger partial charge on any atom is -0.497 e. The maximum absolute atomic E-state index is 12.0. The number of thiophene rings is 1. The summed E-state index contributed by atoms with van der Waals surface area (Å²) in [5.74, 6) is 0.407. The van der Waals surface area contributed by atoms with Gasteiger partial charge in [0.15, 0.2) is 0 Å². The molecule has 1 aromatic carbocycles. The van der Waals surface area contributed by atoms with Crippen molar-refractivity contribution in [2.45, 2.75) is 13.0 Å². The fourth-order valence-electron chi connectivity index (χ4n) is 1.87. The van der Waals surface area contributed by atoms with Crippen LogP contribution in [0.25, 0.3) is 0 Å². The molecule has 0 saturated heterocycles. The molecular formula is C15H17NO3S. The van der Waals surface area contributed by atoms with E-state index in [-0.39, 0.29) is 12.5 Å². The van der Waals surface area contributed by atoms with Crippen LogP contribution >= 0.6 is 11.3 Å². The van der Waals surface area contributed by atoms with E-state index in [4.69, 9.17) is 4.74 Å². The minimum absolute atomic E-state index is 0.192. The van der Waals surface area contributed by atoms with Crippen molar-refractivity contribution < 1.29 is 14.6 Å². The maximum atomic E-state index is 12.0. The molecule has 0 bridgehead atoms. The SMILES string of the molecule is COc1cccc(C(=O)NCC(O)c2sccc2C)c1. The van der Waals surface area contributed by atoms with Crippen molar-refractivity contribution in [1.82, 2.24) is 5.32 Å². The third-order valence-corrected chi connectivity index (χ3v) is 4.11. The molecule has 1 unspecified atom stereocenters. The standard InChI is InChI=1S/C15H17NO3S/c1-10-6-7-20-14(10)13(17)9-16-15(18)11-4-3-5-12(8-11)19-2/h3-8,13,17H,9H2,1-2H3,(H,16,18). The molecule has 1 aromatic heterocycles. The zero-order valence-corrected chi connectivity index (χ0v) is 12.2. The summed E-state index contributed by atoms with van der Waals surface area (Å²) < 4.78 is 5.08. The zero-order valence-electron chi connectivity index (χ0n) is 11.4. The third kappa shape index (κ3) is 3.37. The second-order valence-electron chi connectivity index (χ2n) is 4.43. The van der Waals surface area contributed by atoms with Crippen molar-refractivity contribution in [3.63, 3.8) is 0 Å². The molecule has 1 amide bonds. The Bertz CT molecular complexity index is 594. The molecule has 0 aliphatic rings. The number of nitrogens with one attached hydrogen (secondary N) is 1. The molecule has 2 N–H and O–H groups in total. The summed E-state index contributed by atoms with van der Waals surface area (Å²) in [6.07, 6.45) is -0.676. The van der Waals surface area contributed by atoms with E-state index in [1.807, 2.05) is 18.4 Å². The lowest BCUT2D eigenvalue weighted by Crippen LogP contribution is -2.28. The summed E-state index contributed by atoms with van der Waals surface area (Å²) in [5.41, 5.74) is 1.55. The van der Waals surface area contributed by atoms with E-state index in [1.54, 1.807) is 31.4 Å². The van der Waals surface area contributed by atoms with Gasteiger partial charge in [0.05, 0.1) is 7.11 Å². The molecule has 4 nitrogen and oxygen atoms in total. The van der Waals surface area contributed by atoms with Crippen LogP contribution in [0.2, 0.25) is 0 Å². The van der Waals surface area contributed by atoms with Gasteiger partial charge in [0.2, 0.25) is 0 Å². The number of hydrogen-bond donors (Lipinski definition) is 2. The Balaban J connectivity index is 1.96. The number of aliphatic hydroxyl groups excluding tert-OH is 1. The van der Waals surface area contributed by atoms with Gasteiger partial charge in [-0.05, 0) is 42.1 Å². The van der Waals surface area contributed by atoms with Crippen LogP contribution in [0.1, 0.15) is 26.9 Å². The predicted octanol–water partition coefficient (Wildman–Crippen LogP) is 2.53. The van der Waals surface area contributed by atoms with Crippen molar-refractivity contribution in [2.24, 2.45) is 0 Å². The Morgan fingerprint density at radius 1 is 1.45 bits per heavy atom. The van der Waals surface area contributed by atoms with Crippen LogP contribution in [-0.4, -0.2) is 24.7 Å². The Morgan fingerprint density at radius 3 is 2.90 bits per heavy atom. The monoisotopic (exact) mass is 291 g/mol. The summed E-state index contributed by atoms with van der Waals surface area (Å²) in [6.45, 7) is 2.14. The molecule has 0 aliphatic heterocycles. The molecule has 2 rings (SSSR count). The number of ether oxygens (including phenoxy) is 1. The number of aryl methyl sites for hydroxylation is 1. The number of carbonyl (C=O) groups is 1. The second kappa shape index (κ2) is 6.54. The fourth-order valence-corrected chi connectivity index (χ4v) is 2.79. The van der Waals surface area contributed by atoms with E-state index in [2.05, 4.69) is 5.32 Å². The van der Waals surface area contributed by atoms with E-state index in [1.165, 1.54) is 11.3 Å². The van der Waals surface area contributed by atoms with Crippen LogP contribution in [0.5, 0.6) is 5.75 Å². The molecule has 1 heterocycles. The lowest BCUT2D eigenvalue weighted by Gasteiger charge is -2.12. The van der Waals surface area contributed by atoms with Crippen molar-refractivity contribution in [3.05, 3.63) is 51.7 Å². The number of benzene rings is 1. The quantitative estimate of drug-likeness (QED) is 0.890. The van der Waals surface area contributed by atoms with Crippen LogP contribution < -0.4 is 10.1 Å². The molecule has 5 heteroatoms. The van der Waals surface area contributed by atoms with Crippen LogP contribution in [0.15, 0.2) is 35.7 Å². The summed E-state index contributed by atoms with van der Waals surface area (Å²) >= 11 is 1.49. The molecule has 2 aromatic rings. The largest absolute Gasteiger partial charge is 0.497 e. The van der Waals surface area contributed by atoms with Gasteiger partial charge in [0.1, 0.15) is 11.9 Å². The van der Waals surface area contributed by atoms with Crippen LogP contribution in [-0.2, 0) is 0 Å². The molecule has 1 atom stereocenters. The first-order chi connectivity index (χ1) is 9.61. The Kier molecular flexibility index (Phi) is 4.76. The molecule has 106 valence electrons. The molecule has 0 spiro atoms.